The summed E-state index contributed by atoms with van der Waals surface area (Å²) in [6.45, 7) is 0.978. The Kier molecular flexibility index (Phi) is 4.27. The number of hydrogen-bond acceptors (Lipinski definition) is 1. The molecular formula is C14H18F3N. The lowest BCUT2D eigenvalue weighted by Crippen LogP contribution is -2.35. The van der Waals surface area contributed by atoms with Crippen molar-refractivity contribution >= 4 is 0 Å². The zero-order chi connectivity index (χ0) is 13.0. The highest BCUT2D eigenvalue weighted by Gasteiger charge is 2.29. The van der Waals surface area contributed by atoms with E-state index in [-0.39, 0.29) is 0 Å². The molecule has 1 fully saturated rings. The molecule has 0 aliphatic carbocycles. The molecule has 1 aliphatic rings. The van der Waals surface area contributed by atoms with Crippen LogP contribution in [0.5, 0.6) is 0 Å². The molecule has 1 aromatic rings. The van der Waals surface area contributed by atoms with E-state index in [9.17, 15) is 13.2 Å². The van der Waals surface area contributed by atoms with E-state index in [0.29, 0.717) is 18.0 Å². The van der Waals surface area contributed by atoms with E-state index in [1.54, 1.807) is 12.1 Å². The Hall–Kier alpha value is -1.03. The largest absolute Gasteiger partial charge is 0.393 e. The highest BCUT2D eigenvalue weighted by Crippen LogP contribution is 2.24. The van der Waals surface area contributed by atoms with Gasteiger partial charge in [0.05, 0.1) is 6.42 Å². The molecule has 0 saturated carbocycles. The second kappa shape index (κ2) is 5.74. The first kappa shape index (κ1) is 13.4. The van der Waals surface area contributed by atoms with Gasteiger partial charge in [-0.1, -0.05) is 30.7 Å². The first-order valence-electron chi connectivity index (χ1n) is 6.41. The molecule has 1 N–H and O–H groups in total. The van der Waals surface area contributed by atoms with E-state index in [0.717, 1.165) is 18.5 Å². The van der Waals surface area contributed by atoms with Crippen molar-refractivity contribution in [3.63, 3.8) is 0 Å². The van der Waals surface area contributed by atoms with Gasteiger partial charge in [0.2, 0.25) is 0 Å². The van der Waals surface area contributed by atoms with Gasteiger partial charge >= 0.3 is 6.18 Å². The monoisotopic (exact) mass is 257 g/mol. The highest BCUT2D eigenvalue weighted by atomic mass is 19.4. The molecular weight excluding hydrogens is 239 g/mol. The van der Waals surface area contributed by atoms with E-state index in [1.165, 1.54) is 12.8 Å². The minimum Gasteiger partial charge on any atom is -0.314 e. The van der Waals surface area contributed by atoms with Crippen molar-refractivity contribution in [3.05, 3.63) is 35.4 Å². The molecule has 1 heterocycles. The molecule has 0 aromatic heterocycles. The van der Waals surface area contributed by atoms with Gasteiger partial charge in [-0.05, 0) is 36.9 Å². The third-order valence-corrected chi connectivity index (χ3v) is 3.39. The topological polar surface area (TPSA) is 12.0 Å². The number of hydrogen-bond donors (Lipinski definition) is 1. The Bertz CT molecular complexity index is 381. The zero-order valence-corrected chi connectivity index (χ0v) is 10.3. The number of piperidine rings is 1. The zero-order valence-electron chi connectivity index (χ0n) is 10.3. The summed E-state index contributed by atoms with van der Waals surface area (Å²) in [4.78, 5) is 0. The van der Waals surface area contributed by atoms with Gasteiger partial charge in [-0.2, -0.15) is 13.2 Å². The van der Waals surface area contributed by atoms with Gasteiger partial charge in [0, 0.05) is 6.04 Å². The van der Waals surface area contributed by atoms with Crippen molar-refractivity contribution in [2.24, 2.45) is 0 Å². The Balaban J connectivity index is 2.06. The van der Waals surface area contributed by atoms with Crippen LogP contribution in [0.15, 0.2) is 24.3 Å². The van der Waals surface area contributed by atoms with Gasteiger partial charge in [0.15, 0.2) is 0 Å². The maximum absolute atomic E-state index is 12.5. The molecule has 4 heteroatoms. The van der Waals surface area contributed by atoms with Crippen LogP contribution < -0.4 is 5.32 Å². The summed E-state index contributed by atoms with van der Waals surface area (Å²) < 4.78 is 37.5. The molecule has 1 atom stereocenters. The van der Waals surface area contributed by atoms with Crippen LogP contribution in [0.2, 0.25) is 0 Å². The Morgan fingerprint density at radius 1 is 1.11 bits per heavy atom. The molecule has 18 heavy (non-hydrogen) atoms. The molecule has 0 amide bonds. The molecule has 1 aromatic carbocycles. The van der Waals surface area contributed by atoms with Crippen molar-refractivity contribution in [1.29, 1.82) is 0 Å². The Morgan fingerprint density at radius 2 is 1.83 bits per heavy atom. The second-order valence-electron chi connectivity index (χ2n) is 4.91. The predicted molar refractivity (Wildman–Crippen MR) is 65.5 cm³/mol. The third-order valence-electron chi connectivity index (χ3n) is 3.39. The van der Waals surface area contributed by atoms with Crippen LogP contribution in [0.4, 0.5) is 13.2 Å². The van der Waals surface area contributed by atoms with Crippen molar-refractivity contribution in [1.82, 2.24) is 5.32 Å². The van der Waals surface area contributed by atoms with Crippen LogP contribution in [0.1, 0.15) is 30.4 Å². The first-order valence-corrected chi connectivity index (χ1v) is 6.41. The molecule has 1 saturated heterocycles. The normalized spacial score (nSPS) is 20.9. The molecule has 1 aliphatic heterocycles. The van der Waals surface area contributed by atoms with Gasteiger partial charge in [-0.15, -0.1) is 0 Å². The molecule has 0 bridgehead atoms. The standard InChI is InChI=1S/C14H18F3N/c15-14(16,17)10-12-6-2-1-5-11(12)9-13-7-3-4-8-18-13/h1-2,5-6,13,18H,3-4,7-10H2. The van der Waals surface area contributed by atoms with Gasteiger partial charge in [-0.3, -0.25) is 0 Å². The van der Waals surface area contributed by atoms with Gasteiger partial charge in [-0.25, -0.2) is 0 Å². The van der Waals surface area contributed by atoms with Gasteiger partial charge in [0.1, 0.15) is 0 Å². The van der Waals surface area contributed by atoms with Gasteiger partial charge < -0.3 is 5.32 Å². The minimum atomic E-state index is -4.13. The van der Waals surface area contributed by atoms with E-state index in [4.69, 9.17) is 0 Å². The summed E-state index contributed by atoms with van der Waals surface area (Å²) in [5.41, 5.74) is 1.24. The van der Waals surface area contributed by atoms with Crippen molar-refractivity contribution in [2.45, 2.75) is 44.3 Å². The summed E-state index contributed by atoms with van der Waals surface area (Å²) in [6, 6.07) is 7.23. The number of nitrogens with one attached hydrogen (secondary N) is 1. The lowest BCUT2D eigenvalue weighted by atomic mass is 9.94. The molecule has 1 unspecified atom stereocenters. The fourth-order valence-corrected chi connectivity index (χ4v) is 2.51. The maximum Gasteiger partial charge on any atom is 0.393 e. The molecule has 1 nitrogen and oxygen atoms in total. The summed E-state index contributed by atoms with van der Waals surface area (Å²) >= 11 is 0. The molecule has 0 radical (unpaired) electrons. The van der Waals surface area contributed by atoms with E-state index in [1.807, 2.05) is 12.1 Å². The minimum absolute atomic E-state index is 0.327. The summed E-state index contributed by atoms with van der Waals surface area (Å²) in [6.07, 6.45) is -0.863. The van der Waals surface area contributed by atoms with Crippen molar-refractivity contribution in [3.8, 4) is 0 Å². The lowest BCUT2D eigenvalue weighted by Gasteiger charge is -2.24. The Labute approximate surface area is 105 Å². The quantitative estimate of drug-likeness (QED) is 0.874. The predicted octanol–water partition coefficient (Wildman–Crippen LogP) is 3.48. The van der Waals surface area contributed by atoms with E-state index in [2.05, 4.69) is 5.32 Å². The maximum atomic E-state index is 12.5. The molecule has 100 valence electrons. The summed E-state index contributed by atoms with van der Waals surface area (Å²) in [5.74, 6) is 0. The van der Waals surface area contributed by atoms with Gasteiger partial charge in [0.25, 0.3) is 0 Å². The number of rotatable bonds is 3. The van der Waals surface area contributed by atoms with Crippen molar-refractivity contribution in [2.75, 3.05) is 6.54 Å². The summed E-state index contributed by atoms with van der Waals surface area (Å²) in [5, 5.41) is 3.38. The number of alkyl halides is 3. The lowest BCUT2D eigenvalue weighted by molar-refractivity contribution is -0.127. The summed E-state index contributed by atoms with van der Waals surface area (Å²) in [7, 11) is 0. The van der Waals surface area contributed by atoms with Crippen LogP contribution in [0.25, 0.3) is 0 Å². The average Bonchev–Trinajstić information content (AvgIpc) is 2.31. The van der Waals surface area contributed by atoms with Crippen LogP contribution >= 0.6 is 0 Å². The fraction of sp³-hybridized carbons (Fsp3) is 0.571. The van der Waals surface area contributed by atoms with E-state index >= 15 is 0 Å². The number of halogens is 3. The molecule has 0 spiro atoms. The number of benzene rings is 1. The van der Waals surface area contributed by atoms with Crippen LogP contribution in [-0.2, 0) is 12.8 Å². The first-order chi connectivity index (χ1) is 8.54. The van der Waals surface area contributed by atoms with Crippen molar-refractivity contribution < 1.29 is 13.2 Å². The smallest absolute Gasteiger partial charge is 0.314 e. The second-order valence-corrected chi connectivity index (χ2v) is 4.91. The SMILES string of the molecule is FC(F)(F)Cc1ccccc1CC1CCCCN1. The van der Waals surface area contributed by atoms with E-state index < -0.39 is 12.6 Å². The Morgan fingerprint density at radius 3 is 2.44 bits per heavy atom. The molecule has 2 rings (SSSR count). The van der Waals surface area contributed by atoms with Crippen LogP contribution in [0.3, 0.4) is 0 Å². The fourth-order valence-electron chi connectivity index (χ4n) is 2.51. The highest BCUT2D eigenvalue weighted by molar-refractivity contribution is 5.28. The third kappa shape index (κ3) is 4.02. The van der Waals surface area contributed by atoms with Crippen LogP contribution in [0, 0.1) is 0 Å². The average molecular weight is 257 g/mol. The van der Waals surface area contributed by atoms with Crippen LogP contribution in [-0.4, -0.2) is 18.8 Å².